The third-order valence-electron chi connectivity index (χ3n) is 3.22. The average Bonchev–Trinajstić information content (AvgIpc) is 2.70. The van der Waals surface area contributed by atoms with Crippen LogP contribution >= 0.6 is 15.9 Å². The van der Waals surface area contributed by atoms with Crippen LogP contribution in [-0.4, -0.2) is 18.4 Å². The van der Waals surface area contributed by atoms with Gasteiger partial charge in [-0.25, -0.2) is 0 Å². The molecule has 1 N–H and O–H groups in total. The van der Waals surface area contributed by atoms with Crippen molar-refractivity contribution in [1.29, 1.82) is 0 Å². The fraction of sp³-hybridized carbons (Fsp3) is 0.467. The molecule has 0 atom stereocenters. The maximum absolute atomic E-state index is 12.3. The second-order valence-electron chi connectivity index (χ2n) is 5.54. The molecule has 0 saturated heterocycles. The Labute approximate surface area is 127 Å². The lowest BCUT2D eigenvalue weighted by atomic mass is 10.1. The summed E-state index contributed by atoms with van der Waals surface area (Å²) in [5, 5.41) is 2.82. The number of rotatable bonds is 3. The minimum absolute atomic E-state index is 0.118. The summed E-state index contributed by atoms with van der Waals surface area (Å²) in [4.78, 5) is 25.5. The second kappa shape index (κ2) is 5.95. The summed E-state index contributed by atoms with van der Waals surface area (Å²) in [6.07, 6.45) is 1.35. The van der Waals surface area contributed by atoms with Crippen molar-refractivity contribution in [2.45, 2.75) is 33.6 Å². The van der Waals surface area contributed by atoms with Gasteiger partial charge in [-0.2, -0.15) is 0 Å². The van der Waals surface area contributed by atoms with E-state index in [9.17, 15) is 9.59 Å². The summed E-state index contributed by atoms with van der Waals surface area (Å²) in [5.74, 6) is 0.312. The molecular weight excluding hydrogens is 320 g/mol. The van der Waals surface area contributed by atoms with E-state index >= 15 is 0 Å². The molecule has 1 aliphatic heterocycles. The van der Waals surface area contributed by atoms with Gasteiger partial charge in [0.15, 0.2) is 0 Å². The topological polar surface area (TPSA) is 49.4 Å². The molecule has 5 heteroatoms. The zero-order chi connectivity index (χ0) is 14.9. The number of carbonyl (C=O) groups is 2. The highest BCUT2D eigenvalue weighted by atomic mass is 79.9. The number of nitrogens with one attached hydrogen (secondary N) is 1. The van der Waals surface area contributed by atoms with Gasteiger partial charge >= 0.3 is 0 Å². The van der Waals surface area contributed by atoms with Gasteiger partial charge in [0.05, 0.1) is 11.4 Å². The highest BCUT2D eigenvalue weighted by Crippen LogP contribution is 2.38. The highest BCUT2D eigenvalue weighted by Gasteiger charge is 2.28. The quantitative estimate of drug-likeness (QED) is 0.918. The van der Waals surface area contributed by atoms with Crippen molar-refractivity contribution in [1.82, 2.24) is 0 Å². The molecule has 20 heavy (non-hydrogen) atoms. The van der Waals surface area contributed by atoms with Crippen LogP contribution < -0.4 is 10.2 Å². The first-order chi connectivity index (χ1) is 9.38. The number of benzene rings is 1. The van der Waals surface area contributed by atoms with Gasteiger partial charge in [-0.15, -0.1) is 0 Å². The maximum atomic E-state index is 12.3. The van der Waals surface area contributed by atoms with Crippen LogP contribution in [0.15, 0.2) is 16.6 Å². The number of amides is 2. The van der Waals surface area contributed by atoms with Gasteiger partial charge < -0.3 is 10.2 Å². The third-order valence-corrected chi connectivity index (χ3v) is 3.68. The Morgan fingerprint density at radius 1 is 1.40 bits per heavy atom. The zero-order valence-corrected chi connectivity index (χ0v) is 13.6. The molecule has 1 aromatic rings. The summed E-state index contributed by atoms with van der Waals surface area (Å²) in [6.45, 7) is 6.23. The number of anilines is 2. The lowest BCUT2D eigenvalue weighted by Crippen LogP contribution is -2.30. The minimum Gasteiger partial charge on any atom is -0.324 e. The van der Waals surface area contributed by atoms with Crippen molar-refractivity contribution in [3.05, 3.63) is 22.2 Å². The molecule has 0 aliphatic carbocycles. The predicted molar refractivity (Wildman–Crippen MR) is 84.0 cm³/mol. The van der Waals surface area contributed by atoms with E-state index in [1.54, 1.807) is 4.90 Å². The summed E-state index contributed by atoms with van der Waals surface area (Å²) in [7, 11) is 0. The molecule has 4 nitrogen and oxygen atoms in total. The molecule has 0 bridgehead atoms. The van der Waals surface area contributed by atoms with Crippen LogP contribution in [0.4, 0.5) is 11.4 Å². The lowest BCUT2D eigenvalue weighted by Gasteiger charge is -2.21. The fourth-order valence-corrected chi connectivity index (χ4v) is 3.01. The Balaban J connectivity index is 2.38. The zero-order valence-electron chi connectivity index (χ0n) is 12.0. The maximum Gasteiger partial charge on any atom is 0.227 e. The Morgan fingerprint density at radius 2 is 2.10 bits per heavy atom. The van der Waals surface area contributed by atoms with E-state index in [1.165, 1.54) is 6.92 Å². The standard InChI is InChI=1S/C15H19BrN2O2/c1-9(2)6-14(20)18-5-4-11-7-12(16)8-13(15(11)18)17-10(3)19/h7-9H,4-6H2,1-3H3,(H,17,19). The van der Waals surface area contributed by atoms with E-state index in [2.05, 4.69) is 21.2 Å². The van der Waals surface area contributed by atoms with E-state index in [4.69, 9.17) is 0 Å². The normalized spacial score (nSPS) is 13.6. The van der Waals surface area contributed by atoms with Crippen molar-refractivity contribution in [2.75, 3.05) is 16.8 Å². The number of hydrogen-bond acceptors (Lipinski definition) is 2. The summed E-state index contributed by atoms with van der Waals surface area (Å²) in [6, 6.07) is 3.87. The van der Waals surface area contributed by atoms with Crippen LogP contribution in [0.2, 0.25) is 0 Å². The van der Waals surface area contributed by atoms with Gasteiger partial charge in [-0.3, -0.25) is 9.59 Å². The molecule has 0 aromatic heterocycles. The monoisotopic (exact) mass is 338 g/mol. The Kier molecular flexibility index (Phi) is 4.48. The third kappa shape index (κ3) is 3.20. The number of nitrogens with zero attached hydrogens (tertiary/aromatic N) is 1. The van der Waals surface area contributed by atoms with Gasteiger partial charge in [0.1, 0.15) is 0 Å². The molecule has 1 heterocycles. The molecule has 108 valence electrons. The molecular formula is C15H19BrN2O2. The second-order valence-corrected chi connectivity index (χ2v) is 6.45. The van der Waals surface area contributed by atoms with Crippen molar-refractivity contribution in [3.63, 3.8) is 0 Å². The minimum atomic E-state index is -0.131. The van der Waals surface area contributed by atoms with E-state index < -0.39 is 0 Å². The molecule has 0 spiro atoms. The van der Waals surface area contributed by atoms with Crippen LogP contribution in [-0.2, 0) is 16.0 Å². The van der Waals surface area contributed by atoms with Gasteiger partial charge in [-0.1, -0.05) is 29.8 Å². The smallest absolute Gasteiger partial charge is 0.227 e. The van der Waals surface area contributed by atoms with Crippen LogP contribution in [0.25, 0.3) is 0 Å². The molecule has 1 aromatic carbocycles. The predicted octanol–water partition coefficient (Wildman–Crippen LogP) is 3.34. The SMILES string of the molecule is CC(=O)Nc1cc(Br)cc2c1N(C(=O)CC(C)C)CC2. The Morgan fingerprint density at radius 3 is 2.70 bits per heavy atom. The van der Waals surface area contributed by atoms with Crippen molar-refractivity contribution < 1.29 is 9.59 Å². The van der Waals surface area contributed by atoms with Gasteiger partial charge in [0.25, 0.3) is 0 Å². The molecule has 1 aliphatic rings. The summed E-state index contributed by atoms with van der Waals surface area (Å²) in [5.41, 5.74) is 2.66. The van der Waals surface area contributed by atoms with E-state index in [-0.39, 0.29) is 11.8 Å². The van der Waals surface area contributed by atoms with Crippen LogP contribution in [0, 0.1) is 5.92 Å². The number of hydrogen-bond donors (Lipinski definition) is 1. The van der Waals surface area contributed by atoms with E-state index in [0.717, 1.165) is 22.1 Å². The largest absolute Gasteiger partial charge is 0.324 e. The van der Waals surface area contributed by atoms with Crippen LogP contribution in [0.1, 0.15) is 32.8 Å². The van der Waals surface area contributed by atoms with Gasteiger partial charge in [0.2, 0.25) is 11.8 Å². The molecule has 0 saturated carbocycles. The summed E-state index contributed by atoms with van der Waals surface area (Å²) < 4.78 is 0.915. The first-order valence-corrected chi connectivity index (χ1v) is 7.58. The Bertz CT molecular complexity index is 555. The van der Waals surface area contributed by atoms with E-state index in [0.29, 0.717) is 24.6 Å². The van der Waals surface area contributed by atoms with Gasteiger partial charge in [0, 0.05) is 24.4 Å². The Hall–Kier alpha value is -1.36. The van der Waals surface area contributed by atoms with Gasteiger partial charge in [-0.05, 0) is 30.0 Å². The lowest BCUT2D eigenvalue weighted by molar-refractivity contribution is -0.119. The van der Waals surface area contributed by atoms with Crippen LogP contribution in [0.5, 0.6) is 0 Å². The molecule has 2 rings (SSSR count). The van der Waals surface area contributed by atoms with Crippen molar-refractivity contribution in [3.8, 4) is 0 Å². The molecule has 0 fully saturated rings. The molecule has 0 unspecified atom stereocenters. The first kappa shape index (κ1) is 15.0. The fourth-order valence-electron chi connectivity index (χ4n) is 2.50. The first-order valence-electron chi connectivity index (χ1n) is 6.79. The number of fused-ring (bicyclic) bond motifs is 1. The number of carbonyl (C=O) groups excluding carboxylic acids is 2. The summed E-state index contributed by atoms with van der Waals surface area (Å²) >= 11 is 3.45. The molecule has 2 amide bonds. The van der Waals surface area contributed by atoms with Crippen molar-refractivity contribution in [2.24, 2.45) is 5.92 Å². The molecule has 0 radical (unpaired) electrons. The van der Waals surface area contributed by atoms with E-state index in [1.807, 2.05) is 26.0 Å². The van der Waals surface area contributed by atoms with Crippen molar-refractivity contribution >= 4 is 39.1 Å². The van der Waals surface area contributed by atoms with Crippen LogP contribution in [0.3, 0.4) is 0 Å². The number of halogens is 1. The average molecular weight is 339 g/mol. The highest BCUT2D eigenvalue weighted by molar-refractivity contribution is 9.10.